The maximum Gasteiger partial charge on any atom is 0.339 e. The number of halogens is 7. The van der Waals surface area contributed by atoms with Gasteiger partial charge in [-0.3, -0.25) is 48.7 Å². The lowest BCUT2D eigenvalue weighted by Gasteiger charge is -2.00. The maximum atomic E-state index is 11.3. The van der Waals surface area contributed by atoms with Gasteiger partial charge in [-0.05, 0) is 175 Å². The maximum absolute atomic E-state index is 11.3. The van der Waals surface area contributed by atoms with Gasteiger partial charge in [0.2, 0.25) is 11.8 Å². The highest BCUT2D eigenvalue weighted by atomic mass is 36.0. The van der Waals surface area contributed by atoms with Crippen LogP contribution < -0.4 is 15.7 Å². The largest absolute Gasteiger partial charge is 0.478 e. The highest BCUT2D eigenvalue weighted by Crippen LogP contribution is 2.61. The summed E-state index contributed by atoms with van der Waals surface area (Å²) in [6.07, 6.45) is 7.78. The van der Waals surface area contributed by atoms with Crippen LogP contribution >= 0.6 is 86.1 Å². The van der Waals surface area contributed by atoms with Crippen LogP contribution in [0.25, 0.3) is 76.3 Å². The first-order chi connectivity index (χ1) is 48.3. The van der Waals surface area contributed by atoms with Crippen molar-refractivity contribution < 1.29 is 68.5 Å². The third-order valence-corrected chi connectivity index (χ3v) is 15.0. The van der Waals surface area contributed by atoms with Crippen molar-refractivity contribution in [3.63, 3.8) is 0 Å². The van der Waals surface area contributed by atoms with Gasteiger partial charge < -0.3 is 30.4 Å². The van der Waals surface area contributed by atoms with Crippen LogP contribution in [0, 0.1) is 0 Å². The molecule has 0 bridgehead atoms. The van der Waals surface area contributed by atoms with Crippen LogP contribution in [0.2, 0.25) is 15.2 Å². The molecular formula is C73H54Cl7N7O15P+. The number of aromatic amines is 2. The van der Waals surface area contributed by atoms with E-state index in [1.807, 2.05) is 36.4 Å². The van der Waals surface area contributed by atoms with Crippen LogP contribution in [0.1, 0.15) is 93.3 Å². The minimum atomic E-state index is -3.22. The van der Waals surface area contributed by atoms with E-state index in [1.165, 1.54) is 87.8 Å². The van der Waals surface area contributed by atoms with Gasteiger partial charge in [0.05, 0.1) is 65.3 Å². The molecule has 0 atom stereocenters. The number of nitrogens with zero attached hydrogens (tertiary/aromatic N) is 5. The van der Waals surface area contributed by atoms with E-state index >= 15 is 0 Å². The fraction of sp³-hybridized carbons (Fsp3) is 0.0411. The van der Waals surface area contributed by atoms with Crippen LogP contribution in [0.15, 0.2) is 235 Å². The van der Waals surface area contributed by atoms with Gasteiger partial charge in [0.25, 0.3) is 5.52 Å². The van der Waals surface area contributed by atoms with Crippen molar-refractivity contribution in [2.75, 3.05) is 0 Å². The zero-order valence-corrected chi connectivity index (χ0v) is 59.8. The SMILES string of the molecule is CC(=O)c1ccc2c(Cl)ccnc2c1.CC(=O)c1ccc2ccc(=O)[nH]c2c1.CC(=O)c1ccc2ccc(Cl)nc2c1.Cl.O=C(O)c1ccc2c(=O)cc[nH]c2c1.O=C(O)c1ccc2c(Cl)ccnc2c1.O=C(O)c1ccc2ccc[n+](O)c2c1.O=C(O)c1ccc2cccnc2c1.O=P(Cl)(Cl)Cl. The van der Waals surface area contributed by atoms with Crippen molar-refractivity contribution in [3.05, 3.63) is 300 Å². The van der Waals surface area contributed by atoms with Crippen molar-refractivity contribution in [2.45, 2.75) is 20.8 Å². The molecule has 0 saturated heterocycles. The summed E-state index contributed by atoms with van der Waals surface area (Å²) in [4.78, 5) is 120. The molecule has 524 valence electrons. The highest BCUT2D eigenvalue weighted by molar-refractivity contribution is 8.24. The fourth-order valence-electron chi connectivity index (χ4n) is 9.09. The second kappa shape index (κ2) is 37.6. The summed E-state index contributed by atoms with van der Waals surface area (Å²) in [7, 11) is 0. The Morgan fingerprint density at radius 3 is 1.38 bits per heavy atom. The summed E-state index contributed by atoms with van der Waals surface area (Å²) in [5.41, 5.74) is 7.00. The molecule has 0 saturated carbocycles. The van der Waals surface area contributed by atoms with E-state index in [9.17, 15) is 52.9 Å². The molecule has 0 fully saturated rings. The zero-order chi connectivity index (χ0) is 74.5. The predicted octanol–water partition coefficient (Wildman–Crippen LogP) is 18.0. The quantitative estimate of drug-likeness (QED) is 0.0256. The molecule has 0 radical (unpaired) electrons. The zero-order valence-electron chi connectivity index (χ0n) is 53.5. The molecule has 0 aliphatic carbocycles. The number of aromatic carboxylic acids is 4. The first-order valence-electron chi connectivity index (χ1n) is 29.4. The fourth-order valence-corrected chi connectivity index (χ4v) is 9.68. The van der Waals surface area contributed by atoms with Gasteiger partial charge in [0.15, 0.2) is 22.8 Å². The Kier molecular flexibility index (Phi) is 29.5. The number of carboxylic acids is 4. The topological polar surface area (TPSA) is 359 Å². The number of carbonyl (C=O) groups excluding carboxylic acids is 3. The van der Waals surface area contributed by atoms with E-state index in [0.29, 0.717) is 64.9 Å². The standard InChI is InChI=1S/2C11H8ClNO.C11H9NO2.C10H6ClNO2.2C10H7NO3.C10H7NO2.Cl3OP.ClH/c1-7(14)8-2-3-9-10(12)4-5-13-11(9)6-8;1-7(14)9-3-2-8-4-5-11(12)13-10(8)6-9;1-7(13)9-3-2-8-4-5-11(14)12-10(8)6-9;11-8-3-4-12-9-5-6(10(13)14)1-2-7(8)9;12-9-3-4-11-8-5-6(10(13)14)1-2-7(8)9;12-10(13)8-4-3-7-2-1-5-11(14)9(7)6-8;12-10(13)8-4-3-7-2-1-5-11-9(7)6-8;1-5(2,3)4;/h2*2-6H,1H3;2-6H,1H3,(H,12,14);1-5H,(H,13,14);1-5H,(H,11,12)(H,13,14);1-6H,(H-,12,13,14);1-6H,(H,12,13);;1H/p+1. The number of ketones is 3. The monoisotopic (exact) mass is 1540 g/mol. The molecule has 7 heterocycles. The predicted molar refractivity (Wildman–Crippen MR) is 403 cm³/mol. The number of hydrogen-bond acceptors (Lipinski definition) is 15. The van der Waals surface area contributed by atoms with Crippen LogP contribution in [0.5, 0.6) is 0 Å². The molecule has 7 aromatic heterocycles. The molecular weight excluding hydrogens is 1490 g/mol. The molecule has 0 spiro atoms. The number of benzene rings is 7. The van der Waals surface area contributed by atoms with E-state index < -0.39 is 29.1 Å². The van der Waals surface area contributed by atoms with E-state index in [-0.39, 0.29) is 63.0 Å². The Morgan fingerprint density at radius 2 is 0.825 bits per heavy atom. The third kappa shape index (κ3) is 24.1. The van der Waals surface area contributed by atoms with Crippen LogP contribution in [-0.4, -0.2) is 96.8 Å². The number of Topliss-reactive ketones (excluding diaryl/α,β-unsaturated/α-hetero) is 3. The normalized spacial score (nSPS) is 10.3. The molecule has 103 heavy (non-hydrogen) atoms. The lowest BCUT2D eigenvalue weighted by Crippen LogP contribution is -2.29. The number of aromatic nitrogens is 7. The second-order valence-electron chi connectivity index (χ2n) is 21.1. The van der Waals surface area contributed by atoms with Gasteiger partial charge in [0, 0.05) is 103 Å². The number of pyridine rings is 7. The Labute approximate surface area is 618 Å². The molecule has 7 N–H and O–H groups in total. The number of nitrogens with one attached hydrogen (secondary N) is 2. The number of fused-ring (bicyclic) bond motifs is 7. The molecule has 0 unspecified atom stereocenters. The molecule has 14 rings (SSSR count). The first-order valence-corrected chi connectivity index (χ1v) is 34.9. The van der Waals surface area contributed by atoms with Crippen molar-refractivity contribution in [1.82, 2.24) is 29.9 Å². The molecule has 7 aromatic carbocycles. The molecule has 0 aliphatic rings. The second-order valence-corrected chi connectivity index (χ2v) is 29.0. The summed E-state index contributed by atoms with van der Waals surface area (Å²) in [5, 5.41) is 48.6. The highest BCUT2D eigenvalue weighted by Gasteiger charge is 2.13. The van der Waals surface area contributed by atoms with Crippen LogP contribution in [-0.2, 0) is 4.57 Å². The first kappa shape index (κ1) is 80.9. The summed E-state index contributed by atoms with van der Waals surface area (Å²) in [5.74, 6) is -3.83. The molecule has 14 aromatic rings. The molecule has 30 heteroatoms. The molecule has 0 aliphatic heterocycles. The van der Waals surface area contributed by atoms with E-state index in [4.69, 9.17) is 55.2 Å². The van der Waals surface area contributed by atoms with E-state index in [0.717, 1.165) is 48.1 Å². The van der Waals surface area contributed by atoms with Crippen molar-refractivity contribution in [3.8, 4) is 0 Å². The number of rotatable bonds is 7. The van der Waals surface area contributed by atoms with Crippen molar-refractivity contribution >= 4 is 204 Å². The Balaban J connectivity index is 0.000000186. The number of carbonyl (C=O) groups is 7. The Hall–Kier alpha value is -11.0. The van der Waals surface area contributed by atoms with E-state index in [1.54, 1.807) is 122 Å². The Morgan fingerprint density at radius 1 is 0.427 bits per heavy atom. The van der Waals surface area contributed by atoms with Crippen molar-refractivity contribution in [1.29, 1.82) is 0 Å². The number of hydrogen-bond donors (Lipinski definition) is 7. The van der Waals surface area contributed by atoms with Gasteiger partial charge in [0.1, 0.15) is 5.15 Å². The molecule has 22 nitrogen and oxygen atoms in total. The average Bonchev–Trinajstić information content (AvgIpc) is 0.844. The average molecular weight is 1550 g/mol. The number of H-pyrrole nitrogens is 2. The summed E-state index contributed by atoms with van der Waals surface area (Å²) in [6.45, 7) is 4.57. The lowest BCUT2D eigenvalue weighted by atomic mass is 10.1. The third-order valence-electron chi connectivity index (χ3n) is 14.1. The van der Waals surface area contributed by atoms with E-state index in [2.05, 4.69) is 63.6 Å². The van der Waals surface area contributed by atoms with Gasteiger partial charge in [-0.1, -0.05) is 89.4 Å². The lowest BCUT2D eigenvalue weighted by molar-refractivity contribution is -0.884. The van der Waals surface area contributed by atoms with Gasteiger partial charge in [-0.25, -0.2) is 24.2 Å². The van der Waals surface area contributed by atoms with Crippen molar-refractivity contribution in [2.24, 2.45) is 0 Å². The van der Waals surface area contributed by atoms with Crippen LogP contribution in [0.3, 0.4) is 0 Å². The van der Waals surface area contributed by atoms with Gasteiger partial charge >= 0.3 is 29.1 Å². The van der Waals surface area contributed by atoms with Gasteiger partial charge in [-0.2, -0.15) is 0 Å². The van der Waals surface area contributed by atoms with Crippen LogP contribution in [0.4, 0.5) is 0 Å². The smallest absolute Gasteiger partial charge is 0.339 e. The summed E-state index contributed by atoms with van der Waals surface area (Å²) < 4.78 is 10.4. The summed E-state index contributed by atoms with van der Waals surface area (Å²) >= 11 is 31.5. The van der Waals surface area contributed by atoms with Gasteiger partial charge in [-0.15, -0.1) is 12.4 Å². The summed E-state index contributed by atoms with van der Waals surface area (Å²) in [6, 6.07) is 53.4. The Bertz CT molecular complexity index is 5570. The molecule has 0 amide bonds. The minimum absolute atomic E-state index is 0. The number of carboxylic acid groups (broad SMARTS) is 4. The minimum Gasteiger partial charge on any atom is -0.478 e.